The molecule has 0 bridgehead atoms. The highest BCUT2D eigenvalue weighted by Crippen LogP contribution is 2.21. The number of methoxy groups -OCH3 is 1. The van der Waals surface area contributed by atoms with E-state index in [1.807, 2.05) is 19.2 Å². The van der Waals surface area contributed by atoms with E-state index in [1.54, 1.807) is 7.11 Å². The molecular formula is C17H29N3O. The molecule has 1 aromatic heterocycles. The lowest BCUT2D eigenvalue weighted by Gasteiger charge is -2.26. The summed E-state index contributed by atoms with van der Waals surface area (Å²) in [6, 6.07) is 2.14. The van der Waals surface area contributed by atoms with Gasteiger partial charge < -0.3 is 15.0 Å². The molecule has 4 heteroatoms. The standard InChI is InChI=1S/C17H29N3O/c1-6-7-20(8-9-21-5)17-10-15(4)19-13-16(17)12-18-11-14(2)3/h6,10,13-14,18H,1,7-9,11-12H2,2-5H3. The molecule has 0 fully saturated rings. The van der Waals surface area contributed by atoms with E-state index in [0.717, 1.165) is 31.9 Å². The van der Waals surface area contributed by atoms with Crippen molar-refractivity contribution in [3.8, 4) is 0 Å². The third-order valence-corrected chi connectivity index (χ3v) is 3.22. The molecule has 0 unspecified atom stereocenters. The van der Waals surface area contributed by atoms with Gasteiger partial charge in [0.05, 0.1) is 6.61 Å². The fraction of sp³-hybridized carbons (Fsp3) is 0.588. The highest BCUT2D eigenvalue weighted by Gasteiger charge is 2.11. The largest absolute Gasteiger partial charge is 0.383 e. The SMILES string of the molecule is C=CCN(CCOC)c1cc(C)ncc1CNCC(C)C. The van der Waals surface area contributed by atoms with Gasteiger partial charge in [-0.1, -0.05) is 19.9 Å². The van der Waals surface area contributed by atoms with Crippen LogP contribution in [-0.4, -0.2) is 38.3 Å². The zero-order chi connectivity index (χ0) is 15.7. The number of aromatic nitrogens is 1. The fourth-order valence-corrected chi connectivity index (χ4v) is 2.17. The second-order valence-electron chi connectivity index (χ2n) is 5.71. The Morgan fingerprint density at radius 2 is 2.24 bits per heavy atom. The molecule has 0 radical (unpaired) electrons. The molecule has 0 saturated heterocycles. The van der Waals surface area contributed by atoms with Crippen molar-refractivity contribution in [3.05, 3.63) is 36.2 Å². The van der Waals surface area contributed by atoms with Crippen molar-refractivity contribution in [2.45, 2.75) is 27.3 Å². The van der Waals surface area contributed by atoms with Crippen molar-refractivity contribution in [3.63, 3.8) is 0 Å². The quantitative estimate of drug-likeness (QED) is 0.673. The summed E-state index contributed by atoms with van der Waals surface area (Å²) < 4.78 is 5.22. The van der Waals surface area contributed by atoms with Gasteiger partial charge in [-0.15, -0.1) is 6.58 Å². The minimum absolute atomic E-state index is 0.643. The van der Waals surface area contributed by atoms with Crippen molar-refractivity contribution in [1.29, 1.82) is 0 Å². The van der Waals surface area contributed by atoms with E-state index in [4.69, 9.17) is 4.74 Å². The molecule has 0 spiro atoms. The number of rotatable bonds is 10. The van der Waals surface area contributed by atoms with Gasteiger partial charge in [0, 0.05) is 49.9 Å². The first-order chi connectivity index (χ1) is 10.1. The molecule has 0 atom stereocenters. The molecular weight excluding hydrogens is 262 g/mol. The average molecular weight is 291 g/mol. The molecule has 1 aromatic rings. The maximum Gasteiger partial charge on any atom is 0.0637 e. The lowest BCUT2D eigenvalue weighted by Crippen LogP contribution is -2.29. The topological polar surface area (TPSA) is 37.4 Å². The van der Waals surface area contributed by atoms with E-state index in [9.17, 15) is 0 Å². The Morgan fingerprint density at radius 3 is 2.86 bits per heavy atom. The zero-order valence-electron chi connectivity index (χ0n) is 13.9. The van der Waals surface area contributed by atoms with Crippen LogP contribution in [0.15, 0.2) is 24.9 Å². The number of nitrogens with zero attached hydrogens (tertiary/aromatic N) is 2. The van der Waals surface area contributed by atoms with Gasteiger partial charge >= 0.3 is 0 Å². The molecule has 0 aromatic carbocycles. The van der Waals surface area contributed by atoms with Crippen LogP contribution in [-0.2, 0) is 11.3 Å². The molecule has 118 valence electrons. The first-order valence-corrected chi connectivity index (χ1v) is 7.59. The normalized spacial score (nSPS) is 10.9. The highest BCUT2D eigenvalue weighted by atomic mass is 16.5. The molecule has 1 rings (SSSR count). The maximum absolute atomic E-state index is 5.22. The lowest BCUT2D eigenvalue weighted by molar-refractivity contribution is 0.205. The molecule has 1 N–H and O–H groups in total. The summed E-state index contributed by atoms with van der Waals surface area (Å²) in [6.45, 7) is 14.5. The van der Waals surface area contributed by atoms with Crippen molar-refractivity contribution < 1.29 is 4.74 Å². The summed E-state index contributed by atoms with van der Waals surface area (Å²) >= 11 is 0. The number of aryl methyl sites for hydroxylation is 1. The summed E-state index contributed by atoms with van der Waals surface area (Å²) in [5.41, 5.74) is 3.47. The number of anilines is 1. The number of hydrogen-bond donors (Lipinski definition) is 1. The van der Waals surface area contributed by atoms with Crippen molar-refractivity contribution >= 4 is 5.69 Å². The van der Waals surface area contributed by atoms with Crippen LogP contribution >= 0.6 is 0 Å². The van der Waals surface area contributed by atoms with E-state index >= 15 is 0 Å². The molecule has 0 aliphatic heterocycles. The Kier molecular flexibility index (Phi) is 8.01. The van der Waals surface area contributed by atoms with E-state index in [2.05, 4.69) is 41.7 Å². The van der Waals surface area contributed by atoms with Gasteiger partial charge in [0.2, 0.25) is 0 Å². The van der Waals surface area contributed by atoms with E-state index in [1.165, 1.54) is 11.3 Å². The van der Waals surface area contributed by atoms with Crippen LogP contribution in [0.3, 0.4) is 0 Å². The zero-order valence-corrected chi connectivity index (χ0v) is 13.9. The molecule has 0 aliphatic rings. The van der Waals surface area contributed by atoms with Crippen molar-refractivity contribution in [2.24, 2.45) is 5.92 Å². The van der Waals surface area contributed by atoms with Gasteiger partial charge in [-0.3, -0.25) is 4.98 Å². The fourth-order valence-electron chi connectivity index (χ4n) is 2.17. The van der Waals surface area contributed by atoms with Crippen LogP contribution < -0.4 is 10.2 Å². The Bertz CT molecular complexity index is 432. The van der Waals surface area contributed by atoms with Crippen LogP contribution in [0.2, 0.25) is 0 Å². The number of nitrogens with one attached hydrogen (secondary N) is 1. The summed E-state index contributed by atoms with van der Waals surface area (Å²) in [7, 11) is 1.73. The number of pyridine rings is 1. The predicted molar refractivity (Wildman–Crippen MR) is 89.8 cm³/mol. The van der Waals surface area contributed by atoms with Gasteiger partial charge in [-0.2, -0.15) is 0 Å². The molecule has 0 aliphatic carbocycles. The smallest absolute Gasteiger partial charge is 0.0637 e. The third-order valence-electron chi connectivity index (χ3n) is 3.22. The highest BCUT2D eigenvalue weighted by molar-refractivity contribution is 5.54. The second-order valence-corrected chi connectivity index (χ2v) is 5.71. The Hall–Kier alpha value is -1.39. The van der Waals surface area contributed by atoms with E-state index in [-0.39, 0.29) is 0 Å². The van der Waals surface area contributed by atoms with Gasteiger partial charge in [0.1, 0.15) is 0 Å². The summed E-state index contributed by atoms with van der Waals surface area (Å²) in [5.74, 6) is 0.643. The molecule has 21 heavy (non-hydrogen) atoms. The van der Waals surface area contributed by atoms with Crippen LogP contribution in [0.25, 0.3) is 0 Å². The third kappa shape index (κ3) is 6.27. The number of ether oxygens (including phenoxy) is 1. The average Bonchev–Trinajstić information content (AvgIpc) is 2.44. The first kappa shape index (κ1) is 17.7. The predicted octanol–water partition coefficient (Wildman–Crippen LogP) is 2.77. The molecule has 1 heterocycles. The van der Waals surface area contributed by atoms with Crippen LogP contribution in [0, 0.1) is 12.8 Å². The van der Waals surface area contributed by atoms with Gasteiger partial charge in [-0.05, 0) is 25.5 Å². The molecule has 0 saturated carbocycles. The minimum Gasteiger partial charge on any atom is -0.383 e. The summed E-state index contributed by atoms with van der Waals surface area (Å²) in [4.78, 5) is 6.73. The Morgan fingerprint density at radius 1 is 1.48 bits per heavy atom. The van der Waals surface area contributed by atoms with Crippen LogP contribution in [0.5, 0.6) is 0 Å². The number of hydrogen-bond acceptors (Lipinski definition) is 4. The molecule has 4 nitrogen and oxygen atoms in total. The van der Waals surface area contributed by atoms with Gasteiger partial charge in [0.25, 0.3) is 0 Å². The first-order valence-electron chi connectivity index (χ1n) is 7.59. The summed E-state index contributed by atoms with van der Waals surface area (Å²) in [5, 5.41) is 3.49. The Labute approximate surface area is 129 Å². The lowest BCUT2D eigenvalue weighted by atomic mass is 10.1. The monoisotopic (exact) mass is 291 g/mol. The van der Waals surface area contributed by atoms with Gasteiger partial charge in [0.15, 0.2) is 0 Å². The second kappa shape index (κ2) is 9.53. The van der Waals surface area contributed by atoms with E-state index in [0.29, 0.717) is 12.5 Å². The summed E-state index contributed by atoms with van der Waals surface area (Å²) in [6.07, 6.45) is 3.90. The van der Waals surface area contributed by atoms with Crippen LogP contribution in [0.1, 0.15) is 25.1 Å². The Balaban J connectivity index is 2.88. The van der Waals surface area contributed by atoms with Crippen LogP contribution in [0.4, 0.5) is 5.69 Å². The van der Waals surface area contributed by atoms with Crippen molar-refractivity contribution in [1.82, 2.24) is 10.3 Å². The van der Waals surface area contributed by atoms with Crippen molar-refractivity contribution in [2.75, 3.05) is 38.3 Å². The minimum atomic E-state index is 0.643. The maximum atomic E-state index is 5.22. The molecule has 0 amide bonds. The van der Waals surface area contributed by atoms with E-state index < -0.39 is 0 Å². The van der Waals surface area contributed by atoms with Gasteiger partial charge in [-0.25, -0.2) is 0 Å².